The van der Waals surface area contributed by atoms with Gasteiger partial charge in [0.2, 0.25) is 0 Å². The van der Waals surface area contributed by atoms with E-state index in [0.29, 0.717) is 6.54 Å². The molecule has 0 spiro atoms. The number of nitrogens with zero attached hydrogens (tertiary/aromatic N) is 1. The molecule has 0 bridgehead atoms. The predicted octanol–water partition coefficient (Wildman–Crippen LogP) is 3.00. The van der Waals surface area contributed by atoms with Crippen molar-refractivity contribution in [3.8, 4) is 0 Å². The lowest BCUT2D eigenvalue weighted by Gasteiger charge is -2.20. The van der Waals surface area contributed by atoms with E-state index >= 15 is 0 Å². The molecule has 88 valence electrons. The minimum atomic E-state index is -0.0502. The van der Waals surface area contributed by atoms with Crippen LogP contribution in [-0.2, 0) is 6.54 Å². The van der Waals surface area contributed by atoms with Gasteiger partial charge in [0.1, 0.15) is 0 Å². The topological polar surface area (TPSA) is 32.3 Å². The number of hydrogen-bond donors (Lipinski definition) is 1. The summed E-state index contributed by atoms with van der Waals surface area (Å²) in [6.07, 6.45) is 0. The first-order chi connectivity index (χ1) is 7.50. The SMILES string of the molecule is CC(C)NC(=O)N(C)Cc1ccccc1Br. The van der Waals surface area contributed by atoms with E-state index < -0.39 is 0 Å². The molecule has 0 radical (unpaired) electrons. The smallest absolute Gasteiger partial charge is 0.317 e. The summed E-state index contributed by atoms with van der Waals surface area (Å²) >= 11 is 3.47. The Balaban J connectivity index is 2.61. The molecule has 0 heterocycles. The van der Waals surface area contributed by atoms with Crippen LogP contribution in [0, 0.1) is 0 Å². The third-order valence-electron chi connectivity index (χ3n) is 2.12. The van der Waals surface area contributed by atoms with Crippen LogP contribution in [0.4, 0.5) is 4.79 Å². The molecule has 3 nitrogen and oxygen atoms in total. The van der Waals surface area contributed by atoms with Crippen LogP contribution in [0.15, 0.2) is 28.7 Å². The van der Waals surface area contributed by atoms with Crippen LogP contribution in [0.25, 0.3) is 0 Å². The molecule has 1 N–H and O–H groups in total. The largest absolute Gasteiger partial charge is 0.336 e. The fraction of sp³-hybridized carbons (Fsp3) is 0.417. The van der Waals surface area contributed by atoms with Gasteiger partial charge < -0.3 is 10.2 Å². The van der Waals surface area contributed by atoms with E-state index in [1.807, 2.05) is 38.1 Å². The number of amides is 2. The third-order valence-corrected chi connectivity index (χ3v) is 2.90. The van der Waals surface area contributed by atoms with Gasteiger partial charge in [-0.3, -0.25) is 0 Å². The third kappa shape index (κ3) is 3.85. The first-order valence-corrected chi connectivity index (χ1v) is 6.05. The van der Waals surface area contributed by atoms with E-state index in [9.17, 15) is 4.79 Å². The Labute approximate surface area is 105 Å². The molecule has 0 fully saturated rings. The van der Waals surface area contributed by atoms with Crippen molar-refractivity contribution in [3.63, 3.8) is 0 Å². The normalized spacial score (nSPS) is 10.3. The molecule has 16 heavy (non-hydrogen) atoms. The molecule has 0 saturated heterocycles. The summed E-state index contributed by atoms with van der Waals surface area (Å²) in [5.41, 5.74) is 1.10. The lowest BCUT2D eigenvalue weighted by atomic mass is 10.2. The molecule has 0 saturated carbocycles. The van der Waals surface area contributed by atoms with Gasteiger partial charge in [-0.05, 0) is 25.5 Å². The van der Waals surface area contributed by atoms with Gasteiger partial charge in [-0.1, -0.05) is 34.1 Å². The van der Waals surface area contributed by atoms with Crippen LogP contribution >= 0.6 is 15.9 Å². The summed E-state index contributed by atoms with van der Waals surface area (Å²) in [7, 11) is 1.79. The molecule has 0 unspecified atom stereocenters. The summed E-state index contributed by atoms with van der Waals surface area (Å²) in [4.78, 5) is 13.3. The molecule has 0 aliphatic carbocycles. The molecule has 0 aliphatic rings. The highest BCUT2D eigenvalue weighted by Gasteiger charge is 2.10. The fourth-order valence-electron chi connectivity index (χ4n) is 1.31. The number of nitrogens with one attached hydrogen (secondary N) is 1. The van der Waals surface area contributed by atoms with E-state index in [2.05, 4.69) is 21.2 Å². The van der Waals surface area contributed by atoms with Gasteiger partial charge in [-0.15, -0.1) is 0 Å². The van der Waals surface area contributed by atoms with Gasteiger partial charge in [0, 0.05) is 24.1 Å². The maximum Gasteiger partial charge on any atom is 0.317 e. The number of carbonyl (C=O) groups excluding carboxylic acids is 1. The molecule has 1 rings (SSSR count). The van der Waals surface area contributed by atoms with Gasteiger partial charge >= 0.3 is 6.03 Å². The molecule has 1 aromatic carbocycles. The Hall–Kier alpha value is -1.03. The van der Waals surface area contributed by atoms with Crippen molar-refractivity contribution in [2.45, 2.75) is 26.4 Å². The Bertz CT molecular complexity index is 366. The molecule has 0 atom stereocenters. The van der Waals surface area contributed by atoms with Crippen molar-refractivity contribution >= 4 is 22.0 Å². The van der Waals surface area contributed by atoms with Gasteiger partial charge in [0.15, 0.2) is 0 Å². The zero-order chi connectivity index (χ0) is 12.1. The van der Waals surface area contributed by atoms with Gasteiger partial charge in [0.05, 0.1) is 0 Å². The van der Waals surface area contributed by atoms with E-state index in [4.69, 9.17) is 0 Å². The summed E-state index contributed by atoms with van der Waals surface area (Å²) in [6, 6.07) is 8.02. The minimum Gasteiger partial charge on any atom is -0.336 e. The van der Waals surface area contributed by atoms with Crippen molar-refractivity contribution in [2.75, 3.05) is 7.05 Å². The Morgan fingerprint density at radius 3 is 2.62 bits per heavy atom. The summed E-state index contributed by atoms with van der Waals surface area (Å²) in [6.45, 7) is 4.49. The Morgan fingerprint density at radius 2 is 2.06 bits per heavy atom. The number of benzene rings is 1. The van der Waals surface area contributed by atoms with Crippen molar-refractivity contribution in [1.82, 2.24) is 10.2 Å². The number of rotatable bonds is 3. The van der Waals surface area contributed by atoms with E-state index in [0.717, 1.165) is 10.0 Å². The van der Waals surface area contributed by atoms with Crippen molar-refractivity contribution in [1.29, 1.82) is 0 Å². The van der Waals surface area contributed by atoms with Crippen molar-refractivity contribution < 1.29 is 4.79 Å². The lowest BCUT2D eigenvalue weighted by Crippen LogP contribution is -2.40. The first-order valence-electron chi connectivity index (χ1n) is 5.25. The summed E-state index contributed by atoms with van der Waals surface area (Å²) < 4.78 is 1.03. The second kappa shape index (κ2) is 5.89. The number of halogens is 1. The molecule has 1 aromatic rings. The average molecular weight is 285 g/mol. The second-order valence-corrected chi connectivity index (χ2v) is 4.91. The lowest BCUT2D eigenvalue weighted by molar-refractivity contribution is 0.204. The minimum absolute atomic E-state index is 0.0502. The number of urea groups is 1. The Morgan fingerprint density at radius 1 is 1.44 bits per heavy atom. The molecular weight excluding hydrogens is 268 g/mol. The highest BCUT2D eigenvalue weighted by Crippen LogP contribution is 2.17. The average Bonchev–Trinajstić information content (AvgIpc) is 2.20. The van der Waals surface area contributed by atoms with E-state index in [-0.39, 0.29) is 12.1 Å². The van der Waals surface area contributed by atoms with Crippen molar-refractivity contribution in [3.05, 3.63) is 34.3 Å². The molecule has 0 aliphatic heterocycles. The highest BCUT2D eigenvalue weighted by molar-refractivity contribution is 9.10. The quantitative estimate of drug-likeness (QED) is 0.909. The van der Waals surface area contributed by atoms with E-state index in [1.165, 1.54) is 0 Å². The maximum absolute atomic E-state index is 11.7. The summed E-state index contributed by atoms with van der Waals surface area (Å²) in [5, 5.41) is 2.85. The highest BCUT2D eigenvalue weighted by atomic mass is 79.9. The zero-order valence-electron chi connectivity index (χ0n) is 9.83. The second-order valence-electron chi connectivity index (χ2n) is 4.05. The molecule has 0 aromatic heterocycles. The van der Waals surface area contributed by atoms with Gasteiger partial charge in [-0.2, -0.15) is 0 Å². The van der Waals surface area contributed by atoms with Crippen molar-refractivity contribution in [2.24, 2.45) is 0 Å². The van der Waals surface area contributed by atoms with E-state index in [1.54, 1.807) is 11.9 Å². The zero-order valence-corrected chi connectivity index (χ0v) is 11.4. The van der Waals surface area contributed by atoms with Crippen LogP contribution in [0.5, 0.6) is 0 Å². The maximum atomic E-state index is 11.7. The van der Waals surface area contributed by atoms with Crippen LogP contribution in [0.2, 0.25) is 0 Å². The molecule has 2 amide bonds. The summed E-state index contributed by atoms with van der Waals surface area (Å²) in [5.74, 6) is 0. The fourth-order valence-corrected chi connectivity index (χ4v) is 1.72. The number of hydrogen-bond acceptors (Lipinski definition) is 1. The first kappa shape index (κ1) is 13.0. The van der Waals surface area contributed by atoms with Crippen LogP contribution in [-0.4, -0.2) is 24.0 Å². The Kier molecular flexibility index (Phi) is 4.80. The van der Waals surface area contributed by atoms with Crippen LogP contribution < -0.4 is 5.32 Å². The van der Waals surface area contributed by atoms with Crippen LogP contribution in [0.1, 0.15) is 19.4 Å². The molecule has 4 heteroatoms. The van der Waals surface area contributed by atoms with Gasteiger partial charge in [-0.25, -0.2) is 4.79 Å². The standard InChI is InChI=1S/C12H17BrN2O/c1-9(2)14-12(16)15(3)8-10-6-4-5-7-11(10)13/h4-7,9H,8H2,1-3H3,(H,14,16). The predicted molar refractivity (Wildman–Crippen MR) is 69.3 cm³/mol. The van der Waals surface area contributed by atoms with Crippen LogP contribution in [0.3, 0.4) is 0 Å². The number of carbonyl (C=O) groups is 1. The monoisotopic (exact) mass is 284 g/mol. The molecular formula is C12H17BrN2O. The van der Waals surface area contributed by atoms with Gasteiger partial charge in [0.25, 0.3) is 0 Å².